The number of rotatable bonds is 1. The van der Waals surface area contributed by atoms with Crippen LogP contribution in [-0.4, -0.2) is 25.8 Å². The van der Waals surface area contributed by atoms with Crippen molar-refractivity contribution in [3.8, 4) is 0 Å². The Morgan fingerprint density at radius 1 is 1.23 bits per heavy atom. The van der Waals surface area contributed by atoms with E-state index in [1.165, 1.54) is 6.42 Å². The molecule has 2 fully saturated rings. The molecule has 2 aliphatic heterocycles. The summed E-state index contributed by atoms with van der Waals surface area (Å²) in [7, 11) is 0. The van der Waals surface area contributed by atoms with Gasteiger partial charge in [0.1, 0.15) is 0 Å². The molecule has 1 spiro atoms. The van der Waals surface area contributed by atoms with E-state index in [-0.39, 0.29) is 0 Å². The summed E-state index contributed by atoms with van der Waals surface area (Å²) in [5.41, 5.74) is 0. The van der Waals surface area contributed by atoms with E-state index in [2.05, 4.69) is 6.92 Å². The van der Waals surface area contributed by atoms with E-state index < -0.39 is 5.97 Å². The van der Waals surface area contributed by atoms with Crippen LogP contribution < -0.4 is 0 Å². The molecule has 3 heteroatoms. The van der Waals surface area contributed by atoms with Crippen LogP contribution in [0.4, 0.5) is 0 Å². The van der Waals surface area contributed by atoms with Crippen LogP contribution in [0.1, 0.15) is 32.6 Å². The molecule has 76 valence electrons. The molecule has 0 radical (unpaired) electrons. The van der Waals surface area contributed by atoms with Crippen LogP contribution in [0.3, 0.4) is 0 Å². The van der Waals surface area contributed by atoms with Crippen LogP contribution in [-0.2, 0) is 14.2 Å². The number of ether oxygens (including phenoxy) is 3. The molecule has 2 rings (SSSR count). The second-order valence-corrected chi connectivity index (χ2v) is 3.86. The Labute approximate surface area is 79.4 Å². The van der Waals surface area contributed by atoms with Crippen LogP contribution >= 0.6 is 0 Å². The quantitative estimate of drug-likeness (QED) is 0.626. The van der Waals surface area contributed by atoms with Crippen LogP contribution in [0, 0.1) is 5.92 Å². The van der Waals surface area contributed by atoms with Gasteiger partial charge in [0.25, 0.3) is 5.97 Å². The van der Waals surface area contributed by atoms with Crippen LogP contribution in [0.5, 0.6) is 0 Å². The molecule has 0 aliphatic carbocycles. The highest BCUT2D eigenvalue weighted by atomic mass is 16.9. The Kier molecular flexibility index (Phi) is 2.86. The first-order chi connectivity index (χ1) is 6.35. The second kappa shape index (κ2) is 3.95. The van der Waals surface area contributed by atoms with Crippen molar-refractivity contribution in [1.29, 1.82) is 0 Å². The minimum atomic E-state index is -0.663. The van der Waals surface area contributed by atoms with Gasteiger partial charge in [0.05, 0.1) is 19.8 Å². The standard InChI is InChI=1S/C10H18O3/c1-2-9-4-5-10(13-8-9)11-6-3-7-12-10/h9H,2-8H2,1H3. The maximum absolute atomic E-state index is 5.67. The third-order valence-electron chi connectivity index (χ3n) is 2.91. The predicted molar refractivity (Wildman–Crippen MR) is 48.2 cm³/mol. The van der Waals surface area contributed by atoms with E-state index in [1.807, 2.05) is 0 Å². The van der Waals surface area contributed by atoms with E-state index in [4.69, 9.17) is 14.2 Å². The molecule has 0 aromatic carbocycles. The van der Waals surface area contributed by atoms with Gasteiger partial charge in [-0.3, -0.25) is 0 Å². The van der Waals surface area contributed by atoms with Gasteiger partial charge in [-0.15, -0.1) is 0 Å². The minimum Gasteiger partial charge on any atom is -0.327 e. The monoisotopic (exact) mass is 186 g/mol. The highest BCUT2D eigenvalue weighted by molar-refractivity contribution is 4.72. The van der Waals surface area contributed by atoms with Crippen LogP contribution in [0.2, 0.25) is 0 Å². The molecule has 0 bridgehead atoms. The average molecular weight is 186 g/mol. The maximum atomic E-state index is 5.67. The Hall–Kier alpha value is -0.120. The molecule has 13 heavy (non-hydrogen) atoms. The second-order valence-electron chi connectivity index (χ2n) is 3.86. The highest BCUT2D eigenvalue weighted by Gasteiger charge is 2.39. The van der Waals surface area contributed by atoms with Crippen molar-refractivity contribution in [3.63, 3.8) is 0 Å². The molecule has 1 atom stereocenters. The summed E-state index contributed by atoms with van der Waals surface area (Å²) in [6, 6.07) is 0. The van der Waals surface area contributed by atoms with Gasteiger partial charge >= 0.3 is 0 Å². The van der Waals surface area contributed by atoms with Gasteiger partial charge in [-0.1, -0.05) is 13.3 Å². The van der Waals surface area contributed by atoms with Crippen LogP contribution in [0.15, 0.2) is 0 Å². The lowest BCUT2D eigenvalue weighted by atomic mass is 9.98. The van der Waals surface area contributed by atoms with Crippen LogP contribution in [0.25, 0.3) is 0 Å². The van der Waals surface area contributed by atoms with Crippen molar-refractivity contribution in [3.05, 3.63) is 0 Å². The molecular formula is C10H18O3. The first-order valence-corrected chi connectivity index (χ1v) is 5.26. The molecule has 2 heterocycles. The largest absolute Gasteiger partial charge is 0.327 e. The summed E-state index contributed by atoms with van der Waals surface area (Å²) in [6.45, 7) is 4.54. The first-order valence-electron chi connectivity index (χ1n) is 5.26. The van der Waals surface area contributed by atoms with Crippen molar-refractivity contribution < 1.29 is 14.2 Å². The lowest BCUT2D eigenvalue weighted by Gasteiger charge is -2.41. The molecule has 0 aromatic heterocycles. The zero-order chi connectivity index (χ0) is 9.15. The van der Waals surface area contributed by atoms with E-state index in [0.29, 0.717) is 5.92 Å². The fourth-order valence-corrected chi connectivity index (χ4v) is 1.89. The highest BCUT2D eigenvalue weighted by Crippen LogP contribution is 2.33. The third-order valence-corrected chi connectivity index (χ3v) is 2.91. The smallest absolute Gasteiger partial charge is 0.282 e. The lowest BCUT2D eigenvalue weighted by molar-refractivity contribution is -0.415. The zero-order valence-corrected chi connectivity index (χ0v) is 8.25. The van der Waals surface area contributed by atoms with Crippen molar-refractivity contribution in [2.75, 3.05) is 19.8 Å². The maximum Gasteiger partial charge on any atom is 0.282 e. The van der Waals surface area contributed by atoms with Gasteiger partial charge in [0.2, 0.25) is 0 Å². The molecule has 2 saturated heterocycles. The number of hydrogen-bond acceptors (Lipinski definition) is 3. The lowest BCUT2D eigenvalue weighted by Crippen LogP contribution is -2.47. The van der Waals surface area contributed by atoms with E-state index in [9.17, 15) is 0 Å². The SMILES string of the molecule is CCC1CCC2(OCCCO2)OC1. The first kappa shape index (κ1) is 9.44. The average Bonchev–Trinajstić information content (AvgIpc) is 2.20. The molecule has 1 unspecified atom stereocenters. The fraction of sp³-hybridized carbons (Fsp3) is 1.00. The fourth-order valence-electron chi connectivity index (χ4n) is 1.89. The van der Waals surface area contributed by atoms with Gasteiger partial charge in [0.15, 0.2) is 0 Å². The van der Waals surface area contributed by atoms with Crippen molar-refractivity contribution in [1.82, 2.24) is 0 Å². The summed E-state index contributed by atoms with van der Waals surface area (Å²) in [4.78, 5) is 0. The number of hydrogen-bond donors (Lipinski definition) is 0. The molecule has 2 aliphatic rings. The van der Waals surface area contributed by atoms with E-state index >= 15 is 0 Å². The summed E-state index contributed by atoms with van der Waals surface area (Å²) in [5.74, 6) is 0.0314. The van der Waals surface area contributed by atoms with Gasteiger partial charge in [-0.25, -0.2) is 0 Å². The van der Waals surface area contributed by atoms with Crippen molar-refractivity contribution in [2.24, 2.45) is 5.92 Å². The zero-order valence-electron chi connectivity index (χ0n) is 8.25. The van der Waals surface area contributed by atoms with Gasteiger partial charge in [-0.2, -0.15) is 0 Å². The minimum absolute atomic E-state index is 0.663. The third kappa shape index (κ3) is 2.03. The molecule has 0 N–H and O–H groups in total. The Bertz CT molecular complexity index is 154. The van der Waals surface area contributed by atoms with E-state index in [0.717, 1.165) is 39.1 Å². The summed E-state index contributed by atoms with van der Waals surface area (Å²) in [6.07, 6.45) is 4.24. The molecule has 0 amide bonds. The Morgan fingerprint density at radius 2 is 2.00 bits per heavy atom. The van der Waals surface area contributed by atoms with Crippen molar-refractivity contribution >= 4 is 0 Å². The summed E-state index contributed by atoms with van der Waals surface area (Å²) < 4.78 is 16.8. The molecule has 0 saturated carbocycles. The van der Waals surface area contributed by atoms with Gasteiger partial charge in [-0.05, 0) is 18.8 Å². The Balaban J connectivity index is 1.87. The van der Waals surface area contributed by atoms with Gasteiger partial charge < -0.3 is 14.2 Å². The van der Waals surface area contributed by atoms with Crippen molar-refractivity contribution in [2.45, 2.75) is 38.6 Å². The Morgan fingerprint density at radius 3 is 2.54 bits per heavy atom. The van der Waals surface area contributed by atoms with E-state index in [1.54, 1.807) is 0 Å². The summed E-state index contributed by atoms with van der Waals surface area (Å²) in [5, 5.41) is 0. The normalized spacial score (nSPS) is 33.5. The molecule has 3 nitrogen and oxygen atoms in total. The van der Waals surface area contributed by atoms with Gasteiger partial charge in [0, 0.05) is 6.42 Å². The summed E-state index contributed by atoms with van der Waals surface area (Å²) >= 11 is 0. The topological polar surface area (TPSA) is 27.7 Å². The molecular weight excluding hydrogens is 168 g/mol. The molecule has 0 aromatic rings. The predicted octanol–water partition coefficient (Wildman–Crippen LogP) is 1.91.